The number of rotatable bonds is 5. The number of aromatic nitrogens is 3. The van der Waals surface area contributed by atoms with Crippen LogP contribution in [0.15, 0.2) is 43.2 Å². The number of hydrogen-bond acceptors (Lipinski definition) is 7. The molecule has 1 N–H and O–H groups in total. The van der Waals surface area contributed by atoms with E-state index in [0.29, 0.717) is 35.7 Å². The van der Waals surface area contributed by atoms with Gasteiger partial charge in [-0.3, -0.25) is 4.79 Å². The lowest BCUT2D eigenvalue weighted by Gasteiger charge is -2.34. The third-order valence-corrected chi connectivity index (χ3v) is 6.25. The zero-order valence-corrected chi connectivity index (χ0v) is 18.0. The van der Waals surface area contributed by atoms with Crippen molar-refractivity contribution < 1.29 is 13.9 Å². The van der Waals surface area contributed by atoms with Gasteiger partial charge in [-0.15, -0.1) is 0 Å². The van der Waals surface area contributed by atoms with Crippen molar-refractivity contribution in [3.05, 3.63) is 54.1 Å². The van der Waals surface area contributed by atoms with Gasteiger partial charge in [-0.1, -0.05) is 18.2 Å². The molecule has 3 aromatic rings. The second kappa shape index (κ2) is 7.90. The number of methoxy groups -OCH3 is 1. The Balaban J connectivity index is 1.46. The number of fused-ring (bicyclic) bond motifs is 3. The van der Waals surface area contributed by atoms with Gasteiger partial charge in [0, 0.05) is 19.2 Å². The van der Waals surface area contributed by atoms with E-state index in [9.17, 15) is 9.18 Å². The highest BCUT2D eigenvalue weighted by molar-refractivity contribution is 6.32. The number of nitrogens with one attached hydrogen (secondary N) is 1. The average Bonchev–Trinajstić information content (AvgIpc) is 3.41. The maximum atomic E-state index is 14.5. The first kappa shape index (κ1) is 20.4. The number of pyridine rings is 1. The minimum Gasteiger partial charge on any atom is -0.495 e. The van der Waals surface area contributed by atoms with Crippen molar-refractivity contribution in [2.24, 2.45) is 0 Å². The third kappa shape index (κ3) is 3.38. The Kier molecular flexibility index (Phi) is 5.05. The fourth-order valence-corrected chi connectivity index (χ4v) is 4.65. The van der Waals surface area contributed by atoms with Crippen LogP contribution in [0.5, 0.6) is 5.75 Å². The van der Waals surface area contributed by atoms with E-state index in [2.05, 4.69) is 26.8 Å². The number of hydrogen-bond donors (Lipinski definition) is 1. The average molecular weight is 455 g/mol. The SMILES string of the molecule is C=CC(=O)N1C[C@@H]2C[C@H]1CN2c1ccc2ncnc(Nc3cc(OC)c(Cl)cc3F)c2n1. The van der Waals surface area contributed by atoms with E-state index in [1.54, 1.807) is 0 Å². The van der Waals surface area contributed by atoms with Gasteiger partial charge in [0.05, 0.1) is 35.4 Å². The van der Waals surface area contributed by atoms with Crippen molar-refractivity contribution in [1.82, 2.24) is 19.9 Å². The normalized spacial score (nSPS) is 19.5. The molecule has 164 valence electrons. The molecule has 2 aliphatic heterocycles. The van der Waals surface area contributed by atoms with Crippen LogP contribution in [0.4, 0.5) is 21.7 Å². The summed E-state index contributed by atoms with van der Waals surface area (Å²) >= 11 is 6.00. The first-order valence-electron chi connectivity index (χ1n) is 10.1. The quantitative estimate of drug-likeness (QED) is 0.590. The fourth-order valence-electron chi connectivity index (χ4n) is 4.42. The van der Waals surface area contributed by atoms with Crippen LogP contribution >= 0.6 is 11.6 Å². The van der Waals surface area contributed by atoms with E-state index in [1.165, 1.54) is 31.6 Å². The second-order valence-corrected chi connectivity index (χ2v) is 8.15. The molecule has 0 aliphatic carbocycles. The number of benzene rings is 1. The smallest absolute Gasteiger partial charge is 0.246 e. The molecule has 2 bridgehead atoms. The lowest BCUT2D eigenvalue weighted by molar-refractivity contribution is -0.127. The van der Waals surface area contributed by atoms with E-state index in [0.717, 1.165) is 12.2 Å². The van der Waals surface area contributed by atoms with Crippen LogP contribution in [0.25, 0.3) is 11.0 Å². The molecule has 0 spiro atoms. The summed E-state index contributed by atoms with van der Waals surface area (Å²) in [4.78, 5) is 29.4. The predicted octanol–water partition coefficient (Wildman–Crippen LogP) is 3.55. The van der Waals surface area contributed by atoms with Gasteiger partial charge in [0.25, 0.3) is 0 Å². The Labute approximate surface area is 188 Å². The predicted molar refractivity (Wildman–Crippen MR) is 120 cm³/mol. The van der Waals surface area contributed by atoms with E-state index in [-0.39, 0.29) is 28.7 Å². The van der Waals surface area contributed by atoms with Crippen LogP contribution in [0.3, 0.4) is 0 Å². The lowest BCUT2D eigenvalue weighted by Crippen LogP contribution is -2.48. The molecule has 4 heterocycles. The molecule has 2 fully saturated rings. The van der Waals surface area contributed by atoms with E-state index >= 15 is 0 Å². The van der Waals surface area contributed by atoms with Crippen LogP contribution in [0.1, 0.15) is 6.42 Å². The number of carbonyl (C=O) groups excluding carboxylic acids is 1. The van der Waals surface area contributed by atoms with E-state index < -0.39 is 5.82 Å². The van der Waals surface area contributed by atoms with Gasteiger partial charge in [0.15, 0.2) is 5.82 Å². The van der Waals surface area contributed by atoms with Crippen LogP contribution in [0, 0.1) is 5.82 Å². The van der Waals surface area contributed by atoms with Gasteiger partial charge in [-0.2, -0.15) is 0 Å². The van der Waals surface area contributed by atoms with Crippen molar-refractivity contribution in [3.63, 3.8) is 0 Å². The van der Waals surface area contributed by atoms with Gasteiger partial charge in [0.1, 0.15) is 29.2 Å². The number of anilines is 3. The summed E-state index contributed by atoms with van der Waals surface area (Å²) in [7, 11) is 1.46. The number of halogens is 2. The minimum absolute atomic E-state index is 0.0380. The highest BCUT2D eigenvalue weighted by Crippen LogP contribution is 2.36. The monoisotopic (exact) mass is 454 g/mol. The first-order chi connectivity index (χ1) is 15.5. The van der Waals surface area contributed by atoms with Gasteiger partial charge in [-0.05, 0) is 30.7 Å². The second-order valence-electron chi connectivity index (χ2n) is 7.74. The number of piperazine rings is 1. The highest BCUT2D eigenvalue weighted by Gasteiger charge is 2.45. The Morgan fingerprint density at radius 2 is 2.16 bits per heavy atom. The molecule has 1 amide bonds. The summed E-state index contributed by atoms with van der Waals surface area (Å²) in [6, 6.07) is 6.76. The van der Waals surface area contributed by atoms with Crippen LogP contribution in [-0.4, -0.2) is 58.0 Å². The lowest BCUT2D eigenvalue weighted by atomic mass is 10.2. The molecule has 8 nitrogen and oxygen atoms in total. The van der Waals surface area contributed by atoms with Crippen molar-refractivity contribution in [3.8, 4) is 5.75 Å². The van der Waals surface area contributed by atoms with E-state index in [4.69, 9.17) is 21.3 Å². The molecule has 0 saturated carbocycles. The molecule has 5 rings (SSSR count). The van der Waals surface area contributed by atoms with Gasteiger partial charge < -0.3 is 19.9 Å². The number of amides is 1. The standard InChI is InChI=1S/C22H20ClFN6O2/c1-3-20(31)30-10-12-6-13(30)9-29(12)19-5-4-16-21(28-19)22(26-11-25-16)27-17-8-18(32-2)14(23)7-15(17)24/h3-5,7-8,11-13H,1,6,9-10H2,2H3,(H,25,26,27)/t12-,13-/m0/s1. The van der Waals surface area contributed by atoms with Crippen molar-refractivity contribution >= 4 is 45.9 Å². The summed E-state index contributed by atoms with van der Waals surface area (Å²) in [5.41, 5.74) is 1.30. The van der Waals surface area contributed by atoms with E-state index in [1.807, 2.05) is 17.0 Å². The molecule has 0 unspecified atom stereocenters. The Morgan fingerprint density at radius 1 is 1.31 bits per heavy atom. The topological polar surface area (TPSA) is 83.5 Å². The van der Waals surface area contributed by atoms with Crippen molar-refractivity contribution in [1.29, 1.82) is 0 Å². The molecule has 0 radical (unpaired) electrons. The molecular weight excluding hydrogens is 435 g/mol. The number of nitrogens with zero attached hydrogens (tertiary/aromatic N) is 5. The maximum absolute atomic E-state index is 14.5. The van der Waals surface area contributed by atoms with Crippen molar-refractivity contribution in [2.75, 3.05) is 30.4 Å². The first-order valence-corrected chi connectivity index (χ1v) is 10.5. The molecule has 2 aromatic heterocycles. The highest BCUT2D eigenvalue weighted by atomic mass is 35.5. The number of ether oxygens (including phenoxy) is 1. The van der Waals surface area contributed by atoms with Gasteiger partial charge in [0.2, 0.25) is 5.91 Å². The Morgan fingerprint density at radius 3 is 2.88 bits per heavy atom. The third-order valence-electron chi connectivity index (χ3n) is 5.95. The van der Waals surface area contributed by atoms with Crippen LogP contribution in [-0.2, 0) is 4.79 Å². The summed E-state index contributed by atoms with van der Waals surface area (Å²) in [6.45, 7) is 4.92. The summed E-state index contributed by atoms with van der Waals surface area (Å²) in [5.74, 6) is 0.899. The molecule has 10 heteroatoms. The summed E-state index contributed by atoms with van der Waals surface area (Å²) in [5, 5.41) is 3.17. The molecule has 2 atom stereocenters. The molecule has 2 saturated heterocycles. The summed E-state index contributed by atoms with van der Waals surface area (Å²) in [6.07, 6.45) is 3.65. The van der Waals surface area contributed by atoms with Crippen molar-refractivity contribution in [2.45, 2.75) is 18.5 Å². The largest absolute Gasteiger partial charge is 0.495 e. The molecule has 1 aromatic carbocycles. The fraction of sp³-hybridized carbons (Fsp3) is 0.273. The Hall–Kier alpha value is -3.46. The summed E-state index contributed by atoms with van der Waals surface area (Å²) < 4.78 is 19.7. The van der Waals surface area contributed by atoms with Gasteiger partial charge >= 0.3 is 0 Å². The Bertz CT molecular complexity index is 1240. The zero-order valence-electron chi connectivity index (χ0n) is 17.3. The maximum Gasteiger partial charge on any atom is 0.246 e. The number of carbonyl (C=O) groups is 1. The molecule has 32 heavy (non-hydrogen) atoms. The van der Waals surface area contributed by atoms with Crippen LogP contribution < -0.4 is 15.0 Å². The zero-order chi connectivity index (χ0) is 22.4. The molecular formula is C22H20ClFN6O2. The number of likely N-dealkylation sites (tertiary alicyclic amines) is 1. The van der Waals surface area contributed by atoms with Gasteiger partial charge in [-0.25, -0.2) is 19.3 Å². The molecule has 2 aliphatic rings. The minimum atomic E-state index is -0.539. The van der Waals surface area contributed by atoms with Crippen LogP contribution in [0.2, 0.25) is 5.02 Å².